The summed E-state index contributed by atoms with van der Waals surface area (Å²) in [6.07, 6.45) is 4.94. The number of nitrogens with one attached hydrogen (secondary N) is 1. The Balaban J connectivity index is 1.63. The lowest BCUT2D eigenvalue weighted by Gasteiger charge is -2.15. The maximum absolute atomic E-state index is 12.3. The maximum atomic E-state index is 12.3. The molecule has 2 fully saturated rings. The van der Waals surface area contributed by atoms with Crippen molar-refractivity contribution in [2.24, 2.45) is 22.4 Å². The molecule has 0 aromatic heterocycles. The van der Waals surface area contributed by atoms with Crippen molar-refractivity contribution in [3.8, 4) is 0 Å². The van der Waals surface area contributed by atoms with Crippen molar-refractivity contribution in [1.82, 2.24) is 5.43 Å². The van der Waals surface area contributed by atoms with Crippen LogP contribution in [-0.4, -0.2) is 11.6 Å². The number of benzene rings is 1. The van der Waals surface area contributed by atoms with Crippen LogP contribution in [0, 0.1) is 17.3 Å². The van der Waals surface area contributed by atoms with Crippen LogP contribution in [0.25, 0.3) is 0 Å². The van der Waals surface area contributed by atoms with Crippen LogP contribution in [0.3, 0.4) is 0 Å². The van der Waals surface area contributed by atoms with Crippen molar-refractivity contribution in [1.29, 1.82) is 0 Å². The zero-order chi connectivity index (χ0) is 14.2. The molecule has 0 heterocycles. The van der Waals surface area contributed by atoms with Gasteiger partial charge in [0.05, 0.1) is 5.71 Å². The first-order chi connectivity index (χ1) is 9.63. The Morgan fingerprint density at radius 2 is 2.05 bits per heavy atom. The van der Waals surface area contributed by atoms with Gasteiger partial charge in [0.15, 0.2) is 0 Å². The number of rotatable bonds is 3. The van der Waals surface area contributed by atoms with Gasteiger partial charge in [-0.15, -0.1) is 0 Å². The topological polar surface area (TPSA) is 41.5 Å². The van der Waals surface area contributed by atoms with Crippen LogP contribution in [0.5, 0.6) is 0 Å². The van der Waals surface area contributed by atoms with E-state index in [1.807, 2.05) is 37.3 Å². The lowest BCUT2D eigenvalue weighted by Crippen LogP contribution is -2.23. The first-order valence-corrected chi connectivity index (χ1v) is 7.52. The summed E-state index contributed by atoms with van der Waals surface area (Å²) in [6.45, 7) is 4.19. The first-order valence-electron chi connectivity index (χ1n) is 7.52. The fourth-order valence-corrected chi connectivity index (χ4v) is 3.80. The number of hydrogen-bond donors (Lipinski definition) is 1. The van der Waals surface area contributed by atoms with E-state index in [2.05, 4.69) is 17.5 Å². The molecule has 0 aliphatic heterocycles. The molecule has 2 saturated carbocycles. The molecule has 20 heavy (non-hydrogen) atoms. The number of carbonyl (C=O) groups excluding carboxylic acids is 1. The summed E-state index contributed by atoms with van der Waals surface area (Å²) in [6, 6.07) is 9.94. The Hall–Kier alpha value is -1.64. The van der Waals surface area contributed by atoms with Crippen molar-refractivity contribution in [3.63, 3.8) is 0 Å². The standard InChI is InChI=1S/C17H22N2O/c1-12(13-8-4-3-5-9-13)18-19-16(20)15-14-10-6-7-11-17(14,15)2/h3-5,8-9,14-15H,6-7,10-11H2,1-2H3,(H,19,20)/b18-12-/t14-,15-,17+/m0/s1. The quantitative estimate of drug-likeness (QED) is 0.664. The number of nitrogens with zero attached hydrogens (tertiary/aromatic N) is 1. The lowest BCUT2D eigenvalue weighted by molar-refractivity contribution is -0.123. The highest BCUT2D eigenvalue weighted by Crippen LogP contribution is 2.66. The second-order valence-corrected chi connectivity index (χ2v) is 6.38. The van der Waals surface area contributed by atoms with E-state index in [-0.39, 0.29) is 17.2 Å². The molecule has 2 aliphatic carbocycles. The van der Waals surface area contributed by atoms with Crippen LogP contribution in [0.1, 0.15) is 45.1 Å². The van der Waals surface area contributed by atoms with Crippen molar-refractivity contribution >= 4 is 11.6 Å². The largest absolute Gasteiger partial charge is 0.273 e. The average molecular weight is 270 g/mol. The smallest absolute Gasteiger partial charge is 0.244 e. The van der Waals surface area contributed by atoms with Gasteiger partial charge in [0.1, 0.15) is 0 Å². The lowest BCUT2D eigenvalue weighted by atomic mass is 9.90. The third-order valence-corrected chi connectivity index (χ3v) is 5.14. The Morgan fingerprint density at radius 1 is 1.30 bits per heavy atom. The van der Waals surface area contributed by atoms with Gasteiger partial charge in [-0.25, -0.2) is 5.43 Å². The maximum Gasteiger partial charge on any atom is 0.244 e. The van der Waals surface area contributed by atoms with E-state index in [9.17, 15) is 4.79 Å². The van der Waals surface area contributed by atoms with Crippen LogP contribution in [-0.2, 0) is 4.79 Å². The molecule has 3 nitrogen and oxygen atoms in total. The molecule has 0 unspecified atom stereocenters. The van der Waals surface area contributed by atoms with Gasteiger partial charge in [0.25, 0.3) is 0 Å². The van der Waals surface area contributed by atoms with E-state index in [4.69, 9.17) is 0 Å². The van der Waals surface area contributed by atoms with Crippen LogP contribution >= 0.6 is 0 Å². The third-order valence-electron chi connectivity index (χ3n) is 5.14. The average Bonchev–Trinajstić information content (AvgIpc) is 3.11. The summed E-state index contributed by atoms with van der Waals surface area (Å²) in [4.78, 5) is 12.3. The van der Waals surface area contributed by atoms with Gasteiger partial charge in [-0.2, -0.15) is 5.10 Å². The second-order valence-electron chi connectivity index (χ2n) is 6.38. The Bertz CT molecular complexity index is 537. The van der Waals surface area contributed by atoms with E-state index < -0.39 is 0 Å². The van der Waals surface area contributed by atoms with E-state index in [1.54, 1.807) is 0 Å². The van der Waals surface area contributed by atoms with Gasteiger partial charge >= 0.3 is 0 Å². The molecular formula is C17H22N2O. The first kappa shape index (κ1) is 13.3. The number of fused-ring (bicyclic) bond motifs is 1. The number of hydrazone groups is 1. The molecule has 1 aromatic carbocycles. The second kappa shape index (κ2) is 5.04. The zero-order valence-electron chi connectivity index (χ0n) is 12.2. The molecule has 1 amide bonds. The minimum Gasteiger partial charge on any atom is -0.273 e. The van der Waals surface area contributed by atoms with Gasteiger partial charge in [0, 0.05) is 5.92 Å². The van der Waals surface area contributed by atoms with Gasteiger partial charge < -0.3 is 0 Å². The molecule has 1 aromatic rings. The van der Waals surface area contributed by atoms with E-state index in [1.165, 1.54) is 25.7 Å². The number of carbonyl (C=O) groups is 1. The van der Waals surface area contributed by atoms with Crippen LogP contribution in [0.15, 0.2) is 35.4 Å². The van der Waals surface area contributed by atoms with Crippen LogP contribution in [0.4, 0.5) is 0 Å². The Kier molecular flexibility index (Phi) is 3.36. The Labute approximate surface area is 120 Å². The number of amides is 1. The highest BCUT2D eigenvalue weighted by Gasteiger charge is 2.64. The summed E-state index contributed by atoms with van der Waals surface area (Å²) in [5.41, 5.74) is 4.92. The van der Waals surface area contributed by atoms with Gasteiger partial charge in [-0.1, -0.05) is 50.1 Å². The molecule has 106 valence electrons. The highest BCUT2D eigenvalue weighted by atomic mass is 16.2. The molecular weight excluding hydrogens is 248 g/mol. The fourth-order valence-electron chi connectivity index (χ4n) is 3.80. The normalized spacial score (nSPS) is 32.4. The minimum atomic E-state index is 0.106. The summed E-state index contributed by atoms with van der Waals surface area (Å²) in [5.74, 6) is 0.871. The monoisotopic (exact) mass is 270 g/mol. The van der Waals surface area contributed by atoms with Crippen molar-refractivity contribution in [3.05, 3.63) is 35.9 Å². The summed E-state index contributed by atoms with van der Waals surface area (Å²) < 4.78 is 0. The van der Waals surface area contributed by atoms with Crippen LogP contribution < -0.4 is 5.43 Å². The highest BCUT2D eigenvalue weighted by molar-refractivity contribution is 5.99. The molecule has 0 spiro atoms. The molecule has 0 radical (unpaired) electrons. The third kappa shape index (κ3) is 2.26. The molecule has 3 heteroatoms. The predicted octanol–water partition coefficient (Wildman–Crippen LogP) is 3.35. The zero-order valence-corrected chi connectivity index (χ0v) is 12.2. The Morgan fingerprint density at radius 3 is 2.70 bits per heavy atom. The summed E-state index contributed by atoms with van der Waals surface area (Å²) in [7, 11) is 0. The molecule has 0 saturated heterocycles. The molecule has 0 bridgehead atoms. The van der Waals surface area contributed by atoms with E-state index >= 15 is 0 Å². The predicted molar refractivity (Wildman–Crippen MR) is 80.4 cm³/mol. The molecule has 1 N–H and O–H groups in total. The SMILES string of the molecule is C/C(=N/NC(=O)[C@@H]1[C@@H]2CCCC[C@@]12C)c1ccccc1. The fraction of sp³-hybridized carbons (Fsp3) is 0.529. The van der Waals surface area contributed by atoms with Crippen LogP contribution in [0.2, 0.25) is 0 Å². The van der Waals surface area contributed by atoms with Crippen molar-refractivity contribution in [2.75, 3.05) is 0 Å². The molecule has 2 aliphatic rings. The van der Waals surface area contributed by atoms with Gasteiger partial charge in [0.2, 0.25) is 5.91 Å². The van der Waals surface area contributed by atoms with Crippen molar-refractivity contribution in [2.45, 2.75) is 39.5 Å². The van der Waals surface area contributed by atoms with E-state index in [0.29, 0.717) is 5.92 Å². The molecule has 3 atom stereocenters. The van der Waals surface area contributed by atoms with Gasteiger partial charge in [-0.3, -0.25) is 4.79 Å². The van der Waals surface area contributed by atoms with Crippen molar-refractivity contribution < 1.29 is 4.79 Å². The number of hydrogen-bond acceptors (Lipinski definition) is 2. The van der Waals surface area contributed by atoms with Gasteiger partial charge in [-0.05, 0) is 36.7 Å². The summed E-state index contributed by atoms with van der Waals surface area (Å²) in [5, 5.41) is 4.26. The minimum absolute atomic E-state index is 0.106. The van der Waals surface area contributed by atoms with E-state index in [0.717, 1.165) is 11.3 Å². The summed E-state index contributed by atoms with van der Waals surface area (Å²) >= 11 is 0. The molecule has 3 rings (SSSR count).